The fourth-order valence-electron chi connectivity index (χ4n) is 3.22. The van der Waals surface area contributed by atoms with Crippen LogP contribution in [0, 0.1) is 18.7 Å². The number of thiophene rings is 1. The maximum Gasteiger partial charge on any atom is 0.263 e. The molecule has 0 radical (unpaired) electrons. The highest BCUT2D eigenvalue weighted by Crippen LogP contribution is 2.34. The molecule has 2 aromatic rings. The van der Waals surface area contributed by atoms with Crippen LogP contribution in [0.3, 0.4) is 0 Å². The fourth-order valence-corrected chi connectivity index (χ4v) is 4.37. The Balaban J connectivity index is 1.81. The molecular weight excluding hydrogens is 325 g/mol. The van der Waals surface area contributed by atoms with Gasteiger partial charge in [-0.25, -0.2) is 4.39 Å². The molecule has 1 aliphatic rings. The number of aryl methyl sites for hydroxylation is 1. The van der Waals surface area contributed by atoms with Crippen molar-refractivity contribution < 1.29 is 14.3 Å². The lowest BCUT2D eigenvalue weighted by Gasteiger charge is -2.33. The van der Waals surface area contributed by atoms with Gasteiger partial charge in [-0.2, -0.15) is 0 Å². The predicted molar refractivity (Wildman–Crippen MR) is 94.8 cm³/mol. The van der Waals surface area contributed by atoms with Crippen LogP contribution in [0.4, 0.5) is 4.39 Å². The van der Waals surface area contributed by atoms with Crippen LogP contribution >= 0.6 is 11.3 Å². The average molecular weight is 347 g/mol. The lowest BCUT2D eigenvalue weighted by molar-refractivity contribution is 0.0469. The van der Waals surface area contributed by atoms with Gasteiger partial charge in [0.25, 0.3) is 5.91 Å². The Morgan fingerprint density at radius 1 is 1.38 bits per heavy atom. The van der Waals surface area contributed by atoms with Crippen molar-refractivity contribution >= 4 is 17.2 Å². The van der Waals surface area contributed by atoms with Crippen LogP contribution in [-0.2, 0) is 0 Å². The second-order valence-electron chi connectivity index (χ2n) is 6.52. The van der Waals surface area contributed by atoms with Crippen molar-refractivity contribution in [3.05, 3.63) is 46.6 Å². The molecule has 128 valence electrons. The molecule has 1 N–H and O–H groups in total. The Bertz CT molecular complexity index is 723. The summed E-state index contributed by atoms with van der Waals surface area (Å²) in [5.41, 5.74) is 1.96. The summed E-state index contributed by atoms with van der Waals surface area (Å²) in [7, 11) is 0. The zero-order chi connectivity index (χ0) is 17.3. The van der Waals surface area contributed by atoms with Crippen LogP contribution in [-0.4, -0.2) is 35.1 Å². The molecule has 1 aromatic carbocycles. The third kappa shape index (κ3) is 3.52. The van der Waals surface area contributed by atoms with Gasteiger partial charge in [0, 0.05) is 23.9 Å². The van der Waals surface area contributed by atoms with E-state index in [-0.39, 0.29) is 23.7 Å². The van der Waals surface area contributed by atoms with Crippen molar-refractivity contribution in [3.63, 3.8) is 0 Å². The first kappa shape index (κ1) is 17.1. The van der Waals surface area contributed by atoms with Crippen molar-refractivity contribution in [2.75, 3.05) is 13.1 Å². The number of halogens is 1. The molecular formula is C19H22FNO2S. The molecule has 24 heavy (non-hydrogen) atoms. The highest BCUT2D eigenvalue weighted by atomic mass is 32.1. The number of aliphatic hydroxyl groups excluding tert-OH is 1. The van der Waals surface area contributed by atoms with E-state index in [1.54, 1.807) is 19.1 Å². The van der Waals surface area contributed by atoms with Gasteiger partial charge in [-0.15, -0.1) is 11.3 Å². The topological polar surface area (TPSA) is 40.5 Å². The fraction of sp³-hybridized carbons (Fsp3) is 0.421. The number of benzene rings is 1. The first-order valence-electron chi connectivity index (χ1n) is 8.29. The van der Waals surface area contributed by atoms with Gasteiger partial charge in [0.05, 0.1) is 11.0 Å². The van der Waals surface area contributed by atoms with E-state index in [1.807, 2.05) is 17.9 Å². The second kappa shape index (κ2) is 7.03. The number of carbonyl (C=O) groups excluding carboxylic acids is 1. The van der Waals surface area contributed by atoms with Gasteiger partial charge >= 0.3 is 0 Å². The number of hydrogen-bond donors (Lipinski definition) is 1. The first-order valence-corrected chi connectivity index (χ1v) is 9.11. The summed E-state index contributed by atoms with van der Waals surface area (Å²) in [6.07, 6.45) is 1.50. The van der Waals surface area contributed by atoms with Crippen molar-refractivity contribution in [3.8, 4) is 10.4 Å². The summed E-state index contributed by atoms with van der Waals surface area (Å²) in [5, 5.41) is 9.80. The lowest BCUT2D eigenvalue weighted by Crippen LogP contribution is -2.42. The predicted octanol–water partition coefficient (Wildman–Crippen LogP) is 4.10. The van der Waals surface area contributed by atoms with Crippen LogP contribution in [0.5, 0.6) is 0 Å². The van der Waals surface area contributed by atoms with Crippen LogP contribution in [0.15, 0.2) is 30.3 Å². The SMILES string of the molecule is Cc1cc(C(=O)N2CCCC(C(C)O)C2)sc1-c1ccc(F)cc1. The number of nitrogens with zero attached hydrogens (tertiary/aromatic N) is 1. The van der Waals surface area contributed by atoms with E-state index in [0.29, 0.717) is 11.4 Å². The molecule has 5 heteroatoms. The number of piperidine rings is 1. The molecule has 2 unspecified atom stereocenters. The van der Waals surface area contributed by atoms with Gasteiger partial charge in [0.2, 0.25) is 0 Å². The molecule has 3 rings (SSSR count). The number of aliphatic hydroxyl groups is 1. The number of amides is 1. The highest BCUT2D eigenvalue weighted by Gasteiger charge is 2.28. The second-order valence-corrected chi connectivity index (χ2v) is 7.58. The van der Waals surface area contributed by atoms with Crippen LogP contribution < -0.4 is 0 Å². The van der Waals surface area contributed by atoms with Crippen molar-refractivity contribution in [2.45, 2.75) is 32.8 Å². The zero-order valence-corrected chi connectivity index (χ0v) is 14.8. The monoisotopic (exact) mass is 347 g/mol. The van der Waals surface area contributed by atoms with Crippen molar-refractivity contribution in [1.29, 1.82) is 0 Å². The largest absolute Gasteiger partial charge is 0.393 e. The minimum Gasteiger partial charge on any atom is -0.393 e. The Labute approximate surface area is 145 Å². The smallest absolute Gasteiger partial charge is 0.263 e. The Morgan fingerprint density at radius 2 is 2.08 bits per heavy atom. The summed E-state index contributed by atoms with van der Waals surface area (Å²) in [4.78, 5) is 16.4. The average Bonchev–Trinajstić information content (AvgIpc) is 2.97. The first-order chi connectivity index (χ1) is 11.5. The van der Waals surface area contributed by atoms with Gasteiger partial charge < -0.3 is 10.0 Å². The zero-order valence-electron chi connectivity index (χ0n) is 14.0. The van der Waals surface area contributed by atoms with Gasteiger partial charge in [-0.05, 0) is 56.0 Å². The number of hydrogen-bond acceptors (Lipinski definition) is 3. The number of likely N-dealkylation sites (tertiary alicyclic amines) is 1. The maximum atomic E-state index is 13.1. The van der Waals surface area contributed by atoms with Gasteiger partial charge in [-0.1, -0.05) is 12.1 Å². The molecule has 2 heterocycles. The van der Waals surface area contributed by atoms with E-state index in [0.717, 1.165) is 35.4 Å². The van der Waals surface area contributed by atoms with E-state index in [2.05, 4.69) is 0 Å². The van der Waals surface area contributed by atoms with E-state index in [9.17, 15) is 14.3 Å². The Kier molecular flexibility index (Phi) is 5.01. The normalized spacial score (nSPS) is 19.3. The molecule has 0 saturated carbocycles. The highest BCUT2D eigenvalue weighted by molar-refractivity contribution is 7.17. The maximum absolute atomic E-state index is 13.1. The third-order valence-corrected chi connectivity index (χ3v) is 5.94. The molecule has 1 aliphatic heterocycles. The summed E-state index contributed by atoms with van der Waals surface area (Å²) in [6, 6.07) is 8.28. The minimum absolute atomic E-state index is 0.0295. The molecule has 2 atom stereocenters. The number of rotatable bonds is 3. The van der Waals surface area contributed by atoms with E-state index in [1.165, 1.54) is 23.5 Å². The van der Waals surface area contributed by atoms with E-state index >= 15 is 0 Å². The van der Waals surface area contributed by atoms with Crippen LogP contribution in [0.2, 0.25) is 0 Å². The summed E-state index contributed by atoms with van der Waals surface area (Å²) in [6.45, 7) is 5.12. The standard InChI is InChI=1S/C19H22FNO2S/c1-12-10-17(24-18(12)14-5-7-16(20)8-6-14)19(23)21-9-3-4-15(11-21)13(2)22/h5-8,10,13,15,22H,3-4,9,11H2,1-2H3. The molecule has 0 spiro atoms. The van der Waals surface area contributed by atoms with Gasteiger partial charge in [-0.3, -0.25) is 4.79 Å². The van der Waals surface area contributed by atoms with Gasteiger partial charge in [0.15, 0.2) is 0 Å². The number of carbonyl (C=O) groups is 1. The summed E-state index contributed by atoms with van der Waals surface area (Å²) in [5.74, 6) is -0.0797. The molecule has 0 bridgehead atoms. The molecule has 1 aromatic heterocycles. The Morgan fingerprint density at radius 3 is 2.75 bits per heavy atom. The van der Waals surface area contributed by atoms with Crippen molar-refractivity contribution in [2.24, 2.45) is 5.92 Å². The third-order valence-electron chi connectivity index (χ3n) is 4.66. The molecule has 0 aliphatic carbocycles. The molecule has 1 fully saturated rings. The van der Waals surface area contributed by atoms with Gasteiger partial charge in [0.1, 0.15) is 5.82 Å². The quantitative estimate of drug-likeness (QED) is 0.908. The van der Waals surface area contributed by atoms with Crippen LogP contribution in [0.1, 0.15) is 35.0 Å². The Hall–Kier alpha value is -1.72. The van der Waals surface area contributed by atoms with Crippen LogP contribution in [0.25, 0.3) is 10.4 Å². The summed E-state index contributed by atoms with van der Waals surface area (Å²) < 4.78 is 13.1. The summed E-state index contributed by atoms with van der Waals surface area (Å²) >= 11 is 1.45. The lowest BCUT2D eigenvalue weighted by atomic mass is 9.93. The minimum atomic E-state index is -0.388. The molecule has 1 saturated heterocycles. The molecule has 1 amide bonds. The van der Waals surface area contributed by atoms with E-state index < -0.39 is 0 Å². The van der Waals surface area contributed by atoms with Crippen molar-refractivity contribution in [1.82, 2.24) is 4.90 Å². The molecule has 3 nitrogen and oxygen atoms in total. The van der Waals surface area contributed by atoms with E-state index in [4.69, 9.17) is 0 Å².